The summed E-state index contributed by atoms with van der Waals surface area (Å²) in [6.45, 7) is 1.21. The molecule has 1 aliphatic rings. The van der Waals surface area contributed by atoms with Gasteiger partial charge in [-0.2, -0.15) is 4.31 Å². The van der Waals surface area contributed by atoms with Crippen LogP contribution in [0.4, 0.5) is 5.69 Å². The summed E-state index contributed by atoms with van der Waals surface area (Å²) in [4.78, 5) is 13.0. The summed E-state index contributed by atoms with van der Waals surface area (Å²) < 4.78 is 38.1. The average Bonchev–Trinajstić information content (AvgIpc) is 2.74. The number of benzene rings is 2. The Morgan fingerprint density at radius 2 is 1.79 bits per heavy atom. The molecule has 1 N–H and O–H groups in total. The van der Waals surface area contributed by atoms with Crippen molar-refractivity contribution in [3.05, 3.63) is 53.6 Å². The molecule has 1 heterocycles. The van der Waals surface area contributed by atoms with Crippen molar-refractivity contribution < 1.29 is 22.7 Å². The van der Waals surface area contributed by atoms with Crippen LogP contribution < -0.4 is 10.1 Å². The molecule has 7 nitrogen and oxygen atoms in total. The lowest BCUT2D eigenvalue weighted by Crippen LogP contribution is -2.35. The van der Waals surface area contributed by atoms with Crippen molar-refractivity contribution >= 4 is 21.6 Å². The summed E-state index contributed by atoms with van der Waals surface area (Å²) in [7, 11) is -0.622. The zero-order chi connectivity index (χ0) is 20.9. The first-order valence-electron chi connectivity index (χ1n) is 9.53. The third-order valence-corrected chi connectivity index (χ3v) is 6.72. The predicted molar refractivity (Wildman–Crippen MR) is 111 cm³/mol. The Morgan fingerprint density at radius 3 is 2.48 bits per heavy atom. The molecule has 0 atom stereocenters. The molecule has 3 rings (SSSR count). The van der Waals surface area contributed by atoms with Crippen LogP contribution in [0.5, 0.6) is 5.75 Å². The number of carbonyl (C=O) groups is 1. The second-order valence-corrected chi connectivity index (χ2v) is 8.86. The highest BCUT2D eigenvalue weighted by Gasteiger charge is 2.27. The second kappa shape index (κ2) is 9.39. The Bertz CT molecular complexity index is 969. The quantitative estimate of drug-likeness (QED) is 0.746. The number of amides is 1. The van der Waals surface area contributed by atoms with Gasteiger partial charge in [-0.05, 0) is 48.7 Å². The Kier molecular flexibility index (Phi) is 6.89. The van der Waals surface area contributed by atoms with E-state index in [2.05, 4.69) is 5.32 Å². The van der Waals surface area contributed by atoms with Crippen LogP contribution in [0.3, 0.4) is 0 Å². The maximum absolute atomic E-state index is 13.1. The number of methoxy groups -OCH3 is 2. The van der Waals surface area contributed by atoms with E-state index in [-0.39, 0.29) is 17.1 Å². The van der Waals surface area contributed by atoms with Crippen LogP contribution in [0.25, 0.3) is 0 Å². The number of hydrogen-bond acceptors (Lipinski definition) is 5. The number of rotatable bonds is 7. The fourth-order valence-corrected chi connectivity index (χ4v) is 5.00. The molecule has 29 heavy (non-hydrogen) atoms. The number of ether oxygens (including phenoxy) is 2. The number of nitrogens with zero attached hydrogens (tertiary/aromatic N) is 1. The van der Waals surface area contributed by atoms with Crippen molar-refractivity contribution in [2.24, 2.45) is 0 Å². The summed E-state index contributed by atoms with van der Waals surface area (Å²) in [5, 5.41) is 2.79. The first-order valence-corrected chi connectivity index (χ1v) is 11.0. The van der Waals surface area contributed by atoms with Crippen LogP contribution >= 0.6 is 0 Å². The summed E-state index contributed by atoms with van der Waals surface area (Å²) in [6.07, 6.45) is 2.72. The molecule has 1 amide bonds. The Labute approximate surface area is 171 Å². The molecule has 0 saturated carbocycles. The van der Waals surface area contributed by atoms with Gasteiger partial charge in [0.2, 0.25) is 10.0 Å². The number of carbonyl (C=O) groups excluding carboxylic acids is 1. The van der Waals surface area contributed by atoms with Gasteiger partial charge in [-0.15, -0.1) is 0 Å². The molecular weight excluding hydrogens is 392 g/mol. The zero-order valence-corrected chi connectivity index (χ0v) is 17.5. The van der Waals surface area contributed by atoms with E-state index >= 15 is 0 Å². The largest absolute Gasteiger partial charge is 0.495 e. The lowest BCUT2D eigenvalue weighted by molar-refractivity contribution is 0.102. The van der Waals surface area contributed by atoms with Crippen molar-refractivity contribution in [1.82, 2.24) is 4.31 Å². The predicted octanol–water partition coefficient (Wildman–Crippen LogP) is 3.27. The van der Waals surface area contributed by atoms with Crippen LogP contribution in [0.1, 0.15) is 35.2 Å². The molecule has 2 aromatic rings. The molecule has 0 spiro atoms. The zero-order valence-electron chi connectivity index (χ0n) is 16.7. The van der Waals surface area contributed by atoms with E-state index in [1.54, 1.807) is 36.4 Å². The highest BCUT2D eigenvalue weighted by molar-refractivity contribution is 7.89. The summed E-state index contributed by atoms with van der Waals surface area (Å²) in [5.41, 5.74) is 1.38. The van der Waals surface area contributed by atoms with E-state index in [1.807, 2.05) is 0 Å². The van der Waals surface area contributed by atoms with Gasteiger partial charge >= 0.3 is 0 Å². The molecular formula is C21H26N2O5S. The van der Waals surface area contributed by atoms with Crippen molar-refractivity contribution in [3.63, 3.8) is 0 Å². The topological polar surface area (TPSA) is 84.9 Å². The third kappa shape index (κ3) is 4.95. The van der Waals surface area contributed by atoms with Crippen molar-refractivity contribution in [2.45, 2.75) is 30.8 Å². The van der Waals surface area contributed by atoms with Gasteiger partial charge in [-0.25, -0.2) is 8.42 Å². The van der Waals surface area contributed by atoms with Crippen LogP contribution in [0, 0.1) is 0 Å². The molecule has 0 unspecified atom stereocenters. The molecule has 1 saturated heterocycles. The monoisotopic (exact) mass is 418 g/mol. The van der Waals surface area contributed by atoms with E-state index in [4.69, 9.17) is 9.47 Å². The van der Waals surface area contributed by atoms with Crippen molar-refractivity contribution in [1.29, 1.82) is 0 Å². The molecule has 0 aromatic heterocycles. The van der Waals surface area contributed by atoms with E-state index < -0.39 is 15.9 Å². The first-order chi connectivity index (χ1) is 14.0. The Morgan fingerprint density at radius 1 is 1.07 bits per heavy atom. The highest BCUT2D eigenvalue weighted by atomic mass is 32.2. The second-order valence-electron chi connectivity index (χ2n) is 6.92. The van der Waals surface area contributed by atoms with Gasteiger partial charge in [0.1, 0.15) is 5.75 Å². The van der Waals surface area contributed by atoms with Gasteiger partial charge in [0, 0.05) is 25.8 Å². The Hall–Kier alpha value is -2.42. The van der Waals surface area contributed by atoms with Crippen LogP contribution in [-0.2, 0) is 21.4 Å². The van der Waals surface area contributed by atoms with Crippen molar-refractivity contribution in [2.75, 3.05) is 32.6 Å². The van der Waals surface area contributed by atoms with Gasteiger partial charge in [-0.1, -0.05) is 18.6 Å². The van der Waals surface area contributed by atoms with Gasteiger partial charge in [-0.3, -0.25) is 4.79 Å². The van der Waals surface area contributed by atoms with Gasteiger partial charge in [0.25, 0.3) is 5.91 Å². The first kappa shape index (κ1) is 21.3. The minimum atomic E-state index is -3.67. The van der Waals surface area contributed by atoms with Gasteiger partial charge < -0.3 is 14.8 Å². The fourth-order valence-electron chi connectivity index (χ4n) is 3.39. The lowest BCUT2D eigenvalue weighted by Gasteiger charge is -2.26. The molecule has 0 bridgehead atoms. The van der Waals surface area contributed by atoms with E-state index in [0.29, 0.717) is 30.1 Å². The number of sulfonamides is 1. The number of hydrogen-bond donors (Lipinski definition) is 1. The maximum atomic E-state index is 13.1. The molecule has 0 aliphatic carbocycles. The smallest absolute Gasteiger partial charge is 0.255 e. The van der Waals surface area contributed by atoms with E-state index in [9.17, 15) is 13.2 Å². The van der Waals surface area contributed by atoms with Crippen molar-refractivity contribution in [3.8, 4) is 5.75 Å². The highest BCUT2D eigenvalue weighted by Crippen LogP contribution is 2.26. The van der Waals surface area contributed by atoms with E-state index in [1.165, 1.54) is 24.6 Å². The normalized spacial score (nSPS) is 15.1. The van der Waals surface area contributed by atoms with Gasteiger partial charge in [0.15, 0.2) is 0 Å². The van der Waals surface area contributed by atoms with Crippen LogP contribution in [0.2, 0.25) is 0 Å². The summed E-state index contributed by atoms with van der Waals surface area (Å²) >= 11 is 0. The minimum absolute atomic E-state index is 0.110. The minimum Gasteiger partial charge on any atom is -0.495 e. The fraction of sp³-hybridized carbons (Fsp3) is 0.381. The Balaban J connectivity index is 1.95. The molecule has 1 fully saturated rings. The maximum Gasteiger partial charge on any atom is 0.255 e. The van der Waals surface area contributed by atoms with Gasteiger partial charge in [0.05, 0.1) is 24.3 Å². The summed E-state index contributed by atoms with van der Waals surface area (Å²) in [5.74, 6) is 0.109. The number of anilines is 1. The summed E-state index contributed by atoms with van der Waals surface area (Å²) in [6, 6.07) is 11.7. The molecule has 0 radical (unpaired) electrons. The SMILES string of the molecule is COCc1cc(C(=O)Nc2ccccc2OC)cc(S(=O)(=O)N2CCCCC2)c1. The van der Waals surface area contributed by atoms with Crippen LogP contribution in [0.15, 0.2) is 47.4 Å². The standard InChI is InChI=1S/C21H26N2O5S/c1-27-15-16-12-17(21(24)22-19-8-4-5-9-20(19)28-2)14-18(13-16)29(25,26)23-10-6-3-7-11-23/h4-5,8-9,12-14H,3,6-7,10-11,15H2,1-2H3,(H,22,24). The lowest BCUT2D eigenvalue weighted by atomic mass is 10.1. The molecule has 156 valence electrons. The van der Waals surface area contributed by atoms with Crippen LogP contribution in [-0.4, -0.2) is 45.9 Å². The number of nitrogens with one attached hydrogen (secondary N) is 1. The number of piperidine rings is 1. The van der Waals surface area contributed by atoms with E-state index in [0.717, 1.165) is 19.3 Å². The molecule has 8 heteroatoms. The third-order valence-electron chi connectivity index (χ3n) is 4.85. The molecule has 1 aliphatic heterocycles. The average molecular weight is 419 g/mol. The molecule has 2 aromatic carbocycles. The number of para-hydroxylation sites is 2.